The zero-order valence-electron chi connectivity index (χ0n) is 24.9. The summed E-state index contributed by atoms with van der Waals surface area (Å²) in [6.45, 7) is 6.73. The number of hydrogen-bond acceptors (Lipinski definition) is 5. The van der Waals surface area contributed by atoms with Crippen molar-refractivity contribution in [1.29, 1.82) is 5.41 Å². The molecular formula is C37H36BrFN4O. The van der Waals surface area contributed by atoms with Crippen LogP contribution in [0.25, 0.3) is 0 Å². The van der Waals surface area contributed by atoms with E-state index < -0.39 is 11.4 Å². The second-order valence-corrected chi connectivity index (χ2v) is 11.1. The van der Waals surface area contributed by atoms with Gasteiger partial charge in [-0.1, -0.05) is 121 Å². The number of halogens is 2. The first-order valence-corrected chi connectivity index (χ1v) is 15.7. The minimum atomic E-state index is -0.954. The summed E-state index contributed by atoms with van der Waals surface area (Å²) < 4.78 is 22.3. The Hall–Kier alpha value is -4.33. The van der Waals surface area contributed by atoms with Crippen molar-refractivity contribution in [2.24, 2.45) is 0 Å². The number of hydrogen-bond donors (Lipinski definition) is 2. The quantitative estimate of drug-likeness (QED) is 0.130. The molecule has 1 aromatic heterocycles. The number of anilines is 2. The Bertz CT molecular complexity index is 1580. The monoisotopic (exact) mass is 650 g/mol. The highest BCUT2D eigenvalue weighted by Gasteiger charge is 2.38. The van der Waals surface area contributed by atoms with E-state index in [0.717, 1.165) is 35.6 Å². The van der Waals surface area contributed by atoms with E-state index in [1.54, 1.807) is 18.3 Å². The van der Waals surface area contributed by atoms with Gasteiger partial charge in [0.25, 0.3) is 0 Å². The molecule has 0 amide bonds. The minimum absolute atomic E-state index is 0.192. The number of nitrogens with one attached hydrogen (secondary N) is 2. The predicted molar refractivity (Wildman–Crippen MR) is 181 cm³/mol. The smallest absolute Gasteiger partial charge is 0.148 e. The molecule has 1 saturated heterocycles. The number of pyridine rings is 1. The van der Waals surface area contributed by atoms with Crippen molar-refractivity contribution in [2.75, 3.05) is 36.5 Å². The SMILES string of the molecule is CC.N=C(c1ccnc(N2CCOCC2)c1)c1cc(Br)cc(F)c1NC(c1ccccc1)(c1ccccc1)c1ccccc1. The molecule has 1 aliphatic rings. The van der Waals surface area contributed by atoms with Gasteiger partial charge in [0.2, 0.25) is 0 Å². The minimum Gasteiger partial charge on any atom is -0.378 e. The molecule has 0 saturated carbocycles. The van der Waals surface area contributed by atoms with E-state index in [1.165, 1.54) is 6.07 Å². The second-order valence-electron chi connectivity index (χ2n) is 10.2. The summed E-state index contributed by atoms with van der Waals surface area (Å²) in [7, 11) is 0. The van der Waals surface area contributed by atoms with Crippen molar-refractivity contribution in [3.05, 3.63) is 160 Å². The summed E-state index contributed by atoms with van der Waals surface area (Å²) in [4.78, 5) is 6.69. The van der Waals surface area contributed by atoms with Gasteiger partial charge in [-0.3, -0.25) is 5.41 Å². The zero-order chi connectivity index (χ0) is 30.9. The van der Waals surface area contributed by atoms with E-state index in [4.69, 9.17) is 4.74 Å². The van der Waals surface area contributed by atoms with Crippen molar-refractivity contribution < 1.29 is 9.13 Å². The third kappa shape index (κ3) is 6.44. The maximum absolute atomic E-state index is 16.2. The third-order valence-corrected chi connectivity index (χ3v) is 8.08. The first kappa shape index (κ1) is 31.1. The molecule has 6 rings (SSSR count). The average Bonchev–Trinajstić information content (AvgIpc) is 3.10. The summed E-state index contributed by atoms with van der Waals surface area (Å²) in [6, 6.07) is 37.1. The van der Waals surface area contributed by atoms with Gasteiger partial charge in [-0.05, 0) is 41.0 Å². The van der Waals surface area contributed by atoms with Crippen LogP contribution in [-0.2, 0) is 10.3 Å². The number of aromatic nitrogens is 1. The molecule has 0 bridgehead atoms. The number of ether oxygens (including phenoxy) is 1. The Labute approximate surface area is 267 Å². The van der Waals surface area contributed by atoms with Crippen LogP contribution in [0.15, 0.2) is 126 Å². The molecule has 7 heteroatoms. The Morgan fingerprint density at radius 1 is 0.818 bits per heavy atom. The first-order chi connectivity index (χ1) is 21.6. The van der Waals surface area contributed by atoms with E-state index in [0.29, 0.717) is 28.8 Å². The van der Waals surface area contributed by atoms with Gasteiger partial charge in [0, 0.05) is 34.9 Å². The molecule has 5 aromatic rings. The maximum atomic E-state index is 16.2. The Morgan fingerprint density at radius 3 is 1.86 bits per heavy atom. The van der Waals surface area contributed by atoms with Crippen molar-refractivity contribution in [3.8, 4) is 0 Å². The van der Waals surface area contributed by atoms with Gasteiger partial charge >= 0.3 is 0 Å². The van der Waals surface area contributed by atoms with Crippen molar-refractivity contribution >= 4 is 33.1 Å². The second kappa shape index (κ2) is 14.4. The van der Waals surface area contributed by atoms with Crippen LogP contribution in [0.1, 0.15) is 41.7 Å². The van der Waals surface area contributed by atoms with Crippen LogP contribution in [0.2, 0.25) is 0 Å². The molecule has 0 unspecified atom stereocenters. The van der Waals surface area contributed by atoms with E-state index >= 15 is 4.39 Å². The lowest BCUT2D eigenvalue weighted by molar-refractivity contribution is 0.122. The summed E-state index contributed by atoms with van der Waals surface area (Å²) in [5.41, 5.74) is 3.40. The molecule has 1 aliphatic heterocycles. The van der Waals surface area contributed by atoms with Gasteiger partial charge in [0.15, 0.2) is 0 Å². The number of rotatable bonds is 8. The molecule has 224 valence electrons. The molecule has 44 heavy (non-hydrogen) atoms. The van der Waals surface area contributed by atoms with Crippen LogP contribution in [-0.4, -0.2) is 37.0 Å². The lowest BCUT2D eigenvalue weighted by Gasteiger charge is -2.38. The first-order valence-electron chi connectivity index (χ1n) is 14.9. The molecule has 1 fully saturated rings. The molecular weight excluding hydrogens is 615 g/mol. The van der Waals surface area contributed by atoms with Crippen LogP contribution >= 0.6 is 15.9 Å². The van der Waals surface area contributed by atoms with Gasteiger partial charge < -0.3 is 15.0 Å². The molecule has 5 nitrogen and oxygen atoms in total. The summed E-state index contributed by atoms with van der Waals surface area (Å²) in [5.74, 6) is 0.316. The highest BCUT2D eigenvalue weighted by atomic mass is 79.9. The predicted octanol–water partition coefficient (Wildman–Crippen LogP) is 8.67. The molecule has 2 heterocycles. The largest absolute Gasteiger partial charge is 0.378 e. The topological polar surface area (TPSA) is 61.2 Å². The molecule has 0 spiro atoms. The highest BCUT2D eigenvalue weighted by molar-refractivity contribution is 9.10. The Balaban J connectivity index is 0.00000188. The van der Waals surface area contributed by atoms with Gasteiger partial charge in [-0.2, -0.15) is 0 Å². The Morgan fingerprint density at radius 2 is 1.34 bits per heavy atom. The number of benzene rings is 4. The average molecular weight is 652 g/mol. The normalized spacial score (nSPS) is 13.0. The van der Waals surface area contributed by atoms with E-state index in [-0.39, 0.29) is 11.4 Å². The maximum Gasteiger partial charge on any atom is 0.148 e. The van der Waals surface area contributed by atoms with Gasteiger partial charge in [0.1, 0.15) is 17.2 Å². The molecule has 2 N–H and O–H groups in total. The third-order valence-electron chi connectivity index (χ3n) is 7.63. The lowest BCUT2D eigenvalue weighted by Crippen LogP contribution is -2.39. The van der Waals surface area contributed by atoms with Crippen LogP contribution in [0.4, 0.5) is 15.9 Å². The van der Waals surface area contributed by atoms with Crippen LogP contribution < -0.4 is 10.2 Å². The summed E-state index contributed by atoms with van der Waals surface area (Å²) in [5, 5.41) is 13.0. The Kier molecular flexibility index (Phi) is 10.2. The number of nitrogens with zero attached hydrogens (tertiary/aromatic N) is 2. The van der Waals surface area contributed by atoms with Crippen LogP contribution in [0.5, 0.6) is 0 Å². The van der Waals surface area contributed by atoms with Gasteiger partial charge in [0.05, 0.1) is 24.6 Å². The van der Waals surface area contributed by atoms with Crippen LogP contribution in [0.3, 0.4) is 0 Å². The van der Waals surface area contributed by atoms with Gasteiger partial charge in [-0.25, -0.2) is 9.37 Å². The molecule has 0 atom stereocenters. The highest BCUT2D eigenvalue weighted by Crippen LogP contribution is 2.42. The summed E-state index contributed by atoms with van der Waals surface area (Å²) in [6.07, 6.45) is 1.71. The van der Waals surface area contributed by atoms with Crippen molar-refractivity contribution in [2.45, 2.75) is 19.4 Å². The van der Waals surface area contributed by atoms with Crippen LogP contribution in [0, 0.1) is 11.2 Å². The van der Waals surface area contributed by atoms with Crippen molar-refractivity contribution in [1.82, 2.24) is 4.98 Å². The fraction of sp³-hybridized carbons (Fsp3) is 0.189. The molecule has 0 radical (unpaired) electrons. The fourth-order valence-electron chi connectivity index (χ4n) is 5.56. The van der Waals surface area contributed by atoms with E-state index in [1.807, 2.05) is 111 Å². The van der Waals surface area contributed by atoms with Crippen molar-refractivity contribution in [3.63, 3.8) is 0 Å². The number of morpholine rings is 1. The molecule has 4 aromatic carbocycles. The van der Waals surface area contributed by atoms with E-state index in [2.05, 4.69) is 31.1 Å². The fourth-order valence-corrected chi connectivity index (χ4v) is 5.99. The van der Waals surface area contributed by atoms with Gasteiger partial charge in [-0.15, -0.1) is 0 Å². The lowest BCUT2D eigenvalue weighted by atomic mass is 9.76. The summed E-state index contributed by atoms with van der Waals surface area (Å²) >= 11 is 3.48. The van der Waals surface area contributed by atoms with E-state index in [9.17, 15) is 5.41 Å². The standard InChI is InChI=1S/C35H30BrFN4O.C2H6/c36-29-23-30(33(38)25-16-17-39-32(22-25)41-18-20-42-21-19-41)34(31(37)24-29)40-35(26-10-4-1-5-11-26,27-12-6-2-7-13-27)28-14-8-3-9-15-28;1-2/h1-17,22-24,38,40H,18-21H2;1-2H3. The zero-order valence-corrected chi connectivity index (χ0v) is 26.5. The molecule has 0 aliphatic carbocycles.